The summed E-state index contributed by atoms with van der Waals surface area (Å²) in [5.41, 5.74) is 1.94. The zero-order valence-corrected chi connectivity index (χ0v) is 14.3. The van der Waals surface area contributed by atoms with Crippen LogP contribution in [-0.4, -0.2) is 24.1 Å². The lowest BCUT2D eigenvalue weighted by molar-refractivity contribution is 0.314. The van der Waals surface area contributed by atoms with Gasteiger partial charge < -0.3 is 15.3 Å². The molecular formula is C19H30N2O2. The maximum atomic E-state index is 9.45. The van der Waals surface area contributed by atoms with Gasteiger partial charge in [-0.3, -0.25) is 0 Å². The Bertz CT molecular complexity index is 471. The van der Waals surface area contributed by atoms with Crippen molar-refractivity contribution in [3.05, 3.63) is 24.3 Å². The van der Waals surface area contributed by atoms with Gasteiger partial charge in [0, 0.05) is 5.69 Å². The van der Waals surface area contributed by atoms with Crippen molar-refractivity contribution < 1.29 is 9.94 Å². The van der Waals surface area contributed by atoms with Gasteiger partial charge in [-0.1, -0.05) is 50.1 Å². The molecule has 1 aromatic rings. The monoisotopic (exact) mass is 318 g/mol. The third kappa shape index (κ3) is 6.12. The number of benzene rings is 1. The average molecular weight is 318 g/mol. The fourth-order valence-corrected chi connectivity index (χ4v) is 3.22. The summed E-state index contributed by atoms with van der Waals surface area (Å²) in [6, 6.07) is 8.06. The van der Waals surface area contributed by atoms with Crippen molar-refractivity contribution in [1.29, 1.82) is 0 Å². The van der Waals surface area contributed by atoms with Crippen LogP contribution < -0.4 is 10.1 Å². The molecule has 2 N–H and O–H groups in total. The highest BCUT2D eigenvalue weighted by atomic mass is 16.5. The van der Waals surface area contributed by atoms with E-state index in [1.165, 1.54) is 44.9 Å². The molecule has 0 radical (unpaired) electrons. The Morgan fingerprint density at radius 1 is 0.957 bits per heavy atom. The van der Waals surface area contributed by atoms with E-state index in [0.29, 0.717) is 0 Å². The third-order valence-electron chi connectivity index (χ3n) is 4.64. The molecule has 128 valence electrons. The van der Waals surface area contributed by atoms with E-state index in [-0.39, 0.29) is 6.04 Å². The highest BCUT2D eigenvalue weighted by Gasteiger charge is 2.17. The Morgan fingerprint density at radius 2 is 1.57 bits per heavy atom. The number of anilines is 1. The molecule has 1 saturated carbocycles. The van der Waals surface area contributed by atoms with Gasteiger partial charge in [0.2, 0.25) is 0 Å². The first kappa shape index (κ1) is 17.6. The van der Waals surface area contributed by atoms with Crippen molar-refractivity contribution in [2.75, 3.05) is 12.4 Å². The number of hydrogen-bond acceptors (Lipinski definition) is 4. The third-order valence-corrected chi connectivity index (χ3v) is 4.64. The van der Waals surface area contributed by atoms with Gasteiger partial charge in [-0.15, -0.1) is 0 Å². The summed E-state index contributed by atoms with van der Waals surface area (Å²) in [6.45, 7) is 0. The fourth-order valence-electron chi connectivity index (χ4n) is 3.22. The molecule has 4 heteroatoms. The molecule has 0 heterocycles. The van der Waals surface area contributed by atoms with Gasteiger partial charge in [0.1, 0.15) is 5.75 Å². The Balaban J connectivity index is 2.01. The number of ether oxygens (including phenoxy) is 1. The lowest BCUT2D eigenvalue weighted by Gasteiger charge is -2.22. The predicted molar refractivity (Wildman–Crippen MR) is 95.8 cm³/mol. The van der Waals surface area contributed by atoms with Gasteiger partial charge in [0.15, 0.2) is 0 Å². The molecule has 4 nitrogen and oxygen atoms in total. The van der Waals surface area contributed by atoms with Crippen molar-refractivity contribution >= 4 is 11.4 Å². The van der Waals surface area contributed by atoms with Crippen LogP contribution in [0.15, 0.2) is 29.4 Å². The first-order chi connectivity index (χ1) is 11.3. The summed E-state index contributed by atoms with van der Waals surface area (Å²) in [5.74, 6) is 0.852. The topological polar surface area (TPSA) is 53.8 Å². The molecule has 0 spiro atoms. The standard InChI is InChI=1S/C19H30N2O2/c1-23-17-14-12-16(13-15-17)20-18-10-8-6-4-2-3-5-7-9-11-19(18)21-22/h12-15,18,20,22H,2-11H2,1H3. The van der Waals surface area contributed by atoms with Crippen LogP contribution in [-0.2, 0) is 0 Å². The van der Waals surface area contributed by atoms with Crippen LogP contribution in [0.1, 0.15) is 64.2 Å². The second kappa shape index (κ2) is 10.1. The molecule has 23 heavy (non-hydrogen) atoms. The summed E-state index contributed by atoms with van der Waals surface area (Å²) < 4.78 is 5.20. The number of oxime groups is 1. The summed E-state index contributed by atoms with van der Waals surface area (Å²) in [7, 11) is 1.67. The van der Waals surface area contributed by atoms with E-state index in [1.54, 1.807) is 7.11 Å². The second-order valence-corrected chi connectivity index (χ2v) is 6.38. The summed E-state index contributed by atoms with van der Waals surface area (Å²) in [6.07, 6.45) is 12.0. The quantitative estimate of drug-likeness (QED) is 0.593. The van der Waals surface area contributed by atoms with E-state index in [9.17, 15) is 5.21 Å². The summed E-state index contributed by atoms with van der Waals surface area (Å²) >= 11 is 0. The first-order valence-corrected chi connectivity index (χ1v) is 8.95. The van der Waals surface area contributed by atoms with Crippen LogP contribution >= 0.6 is 0 Å². The fraction of sp³-hybridized carbons (Fsp3) is 0.632. The Morgan fingerprint density at radius 3 is 2.17 bits per heavy atom. The molecule has 0 aromatic heterocycles. The normalized spacial score (nSPS) is 22.8. The molecule has 2 rings (SSSR count). The van der Waals surface area contributed by atoms with Crippen molar-refractivity contribution in [1.82, 2.24) is 0 Å². The van der Waals surface area contributed by atoms with Crippen LogP contribution in [0.25, 0.3) is 0 Å². The maximum Gasteiger partial charge on any atom is 0.119 e. The number of nitrogens with one attached hydrogen (secondary N) is 1. The van der Waals surface area contributed by atoms with Gasteiger partial charge in [0.05, 0.1) is 18.9 Å². The Hall–Kier alpha value is -1.71. The van der Waals surface area contributed by atoms with Crippen LogP contribution in [0.4, 0.5) is 5.69 Å². The number of methoxy groups -OCH3 is 1. The van der Waals surface area contributed by atoms with Crippen molar-refractivity contribution in [2.24, 2.45) is 5.16 Å². The average Bonchev–Trinajstić information content (AvgIpc) is 2.58. The minimum absolute atomic E-state index is 0.118. The SMILES string of the molecule is COc1ccc(NC2CCCCCCCCCCC2=NO)cc1. The Kier molecular flexibility index (Phi) is 7.78. The number of hydrogen-bond donors (Lipinski definition) is 2. The molecule has 1 unspecified atom stereocenters. The van der Waals surface area contributed by atoms with E-state index >= 15 is 0 Å². The van der Waals surface area contributed by atoms with Gasteiger partial charge in [0.25, 0.3) is 0 Å². The molecule has 0 saturated heterocycles. The van der Waals surface area contributed by atoms with Crippen LogP contribution in [0.3, 0.4) is 0 Å². The molecule has 0 aliphatic heterocycles. The van der Waals surface area contributed by atoms with Crippen molar-refractivity contribution in [3.8, 4) is 5.75 Å². The van der Waals surface area contributed by atoms with Gasteiger partial charge in [-0.05, 0) is 43.5 Å². The van der Waals surface area contributed by atoms with E-state index in [4.69, 9.17) is 4.74 Å². The van der Waals surface area contributed by atoms with Gasteiger partial charge >= 0.3 is 0 Å². The van der Waals surface area contributed by atoms with E-state index in [1.807, 2.05) is 24.3 Å². The summed E-state index contributed by atoms with van der Waals surface area (Å²) in [5, 5.41) is 16.6. The largest absolute Gasteiger partial charge is 0.497 e. The lowest BCUT2D eigenvalue weighted by atomic mass is 9.96. The minimum atomic E-state index is 0.118. The highest BCUT2D eigenvalue weighted by Crippen LogP contribution is 2.21. The van der Waals surface area contributed by atoms with Crippen molar-refractivity contribution in [2.45, 2.75) is 70.3 Å². The molecule has 0 amide bonds. The molecule has 0 bridgehead atoms. The van der Waals surface area contributed by atoms with Crippen LogP contribution in [0, 0.1) is 0 Å². The minimum Gasteiger partial charge on any atom is -0.497 e. The predicted octanol–water partition coefficient (Wildman–Crippen LogP) is 5.22. The highest BCUT2D eigenvalue weighted by molar-refractivity contribution is 5.91. The zero-order chi connectivity index (χ0) is 16.3. The molecule has 1 atom stereocenters. The molecule has 1 aliphatic rings. The lowest BCUT2D eigenvalue weighted by Crippen LogP contribution is -2.30. The molecular weight excluding hydrogens is 288 g/mol. The van der Waals surface area contributed by atoms with E-state index in [2.05, 4.69) is 10.5 Å². The van der Waals surface area contributed by atoms with Crippen molar-refractivity contribution in [3.63, 3.8) is 0 Å². The van der Waals surface area contributed by atoms with Crippen LogP contribution in [0.2, 0.25) is 0 Å². The second-order valence-electron chi connectivity index (χ2n) is 6.38. The zero-order valence-electron chi connectivity index (χ0n) is 14.3. The maximum absolute atomic E-state index is 9.45. The van der Waals surface area contributed by atoms with E-state index in [0.717, 1.165) is 36.4 Å². The number of nitrogens with zero attached hydrogens (tertiary/aromatic N) is 1. The summed E-state index contributed by atoms with van der Waals surface area (Å²) in [4.78, 5) is 0. The molecule has 1 fully saturated rings. The van der Waals surface area contributed by atoms with Gasteiger partial charge in [-0.2, -0.15) is 0 Å². The number of rotatable bonds is 3. The smallest absolute Gasteiger partial charge is 0.119 e. The first-order valence-electron chi connectivity index (χ1n) is 8.95. The van der Waals surface area contributed by atoms with E-state index < -0.39 is 0 Å². The molecule has 1 aromatic carbocycles. The Labute approximate surface area is 139 Å². The molecule has 1 aliphatic carbocycles. The van der Waals surface area contributed by atoms with Gasteiger partial charge in [-0.25, -0.2) is 0 Å². The van der Waals surface area contributed by atoms with Crippen LogP contribution in [0.5, 0.6) is 5.75 Å².